The molecule has 1 aliphatic rings. The summed E-state index contributed by atoms with van der Waals surface area (Å²) in [6, 6.07) is 72.0. The van der Waals surface area contributed by atoms with Crippen LogP contribution in [0.4, 0.5) is 17.1 Å². The molecule has 0 aliphatic carbocycles. The van der Waals surface area contributed by atoms with Crippen LogP contribution in [0.5, 0.6) is 0 Å². The van der Waals surface area contributed by atoms with Crippen LogP contribution in [0.15, 0.2) is 194 Å². The van der Waals surface area contributed by atoms with E-state index in [0.29, 0.717) is 0 Å². The van der Waals surface area contributed by atoms with Crippen LogP contribution in [0.25, 0.3) is 81.7 Å². The Morgan fingerprint density at radius 2 is 1.02 bits per heavy atom. The minimum Gasteiger partial charge on any atom is -0.309 e. The van der Waals surface area contributed by atoms with Crippen LogP contribution >= 0.6 is 0 Å². The summed E-state index contributed by atoms with van der Waals surface area (Å²) in [5, 5.41) is 12.5. The summed E-state index contributed by atoms with van der Waals surface area (Å²) in [6.07, 6.45) is 0. The van der Waals surface area contributed by atoms with E-state index >= 15 is 0 Å². The zero-order valence-electron chi connectivity index (χ0n) is 31.9. The Balaban J connectivity index is 1.02. The molecule has 12 rings (SSSR count). The molecule has 0 amide bonds. The van der Waals surface area contributed by atoms with Crippen LogP contribution in [0.3, 0.4) is 0 Å². The normalized spacial score (nSPS) is 13.2. The van der Waals surface area contributed by atoms with Gasteiger partial charge in [-0.15, -0.1) is 0 Å². The molecular weight excluding hydrogens is 689 g/mol. The molecule has 11 aromatic rings. The van der Waals surface area contributed by atoms with E-state index < -0.39 is 0 Å². The van der Waals surface area contributed by atoms with E-state index in [2.05, 4.69) is 217 Å². The summed E-state index contributed by atoms with van der Waals surface area (Å²) in [4.78, 5) is 2.47. The lowest BCUT2D eigenvalue weighted by atomic mass is 9.75. The Morgan fingerprint density at radius 3 is 1.91 bits per heavy atom. The van der Waals surface area contributed by atoms with Crippen LogP contribution < -0.4 is 4.90 Å². The topological polar surface area (TPSA) is 8.17 Å². The van der Waals surface area contributed by atoms with Crippen molar-refractivity contribution in [1.29, 1.82) is 0 Å². The van der Waals surface area contributed by atoms with Gasteiger partial charge in [0.05, 0.1) is 28.1 Å². The molecule has 0 saturated heterocycles. The van der Waals surface area contributed by atoms with E-state index in [4.69, 9.17) is 0 Å². The zero-order chi connectivity index (χ0) is 37.8. The van der Waals surface area contributed by atoms with Crippen molar-refractivity contribution in [2.24, 2.45) is 0 Å². The first-order valence-electron chi connectivity index (χ1n) is 19.9. The van der Waals surface area contributed by atoms with Crippen LogP contribution in [-0.4, -0.2) is 4.57 Å². The molecule has 0 saturated carbocycles. The van der Waals surface area contributed by atoms with Crippen LogP contribution in [0.2, 0.25) is 0 Å². The second-order valence-electron chi connectivity index (χ2n) is 16.2. The van der Waals surface area contributed by atoms with Gasteiger partial charge in [0.15, 0.2) is 0 Å². The summed E-state index contributed by atoms with van der Waals surface area (Å²) in [7, 11) is 0. The highest BCUT2D eigenvalue weighted by molar-refractivity contribution is 6.16. The molecule has 0 atom stereocenters. The van der Waals surface area contributed by atoms with Gasteiger partial charge < -0.3 is 9.47 Å². The molecule has 0 N–H and O–H groups in total. The molecule has 10 aromatic carbocycles. The molecule has 0 unspecified atom stereocenters. The molecule has 1 aromatic heterocycles. The first-order chi connectivity index (χ1) is 28.0. The maximum Gasteiger partial charge on any atom is 0.0582 e. The first kappa shape index (κ1) is 32.1. The van der Waals surface area contributed by atoms with Gasteiger partial charge in [-0.2, -0.15) is 0 Å². The van der Waals surface area contributed by atoms with E-state index in [1.807, 2.05) is 0 Å². The second kappa shape index (κ2) is 11.9. The number of nitrogens with zero attached hydrogens (tertiary/aromatic N) is 2. The molecule has 0 fully saturated rings. The number of anilines is 3. The molecule has 268 valence electrons. The van der Waals surface area contributed by atoms with Crippen molar-refractivity contribution in [2.75, 3.05) is 4.90 Å². The second-order valence-corrected chi connectivity index (χ2v) is 16.2. The van der Waals surface area contributed by atoms with Gasteiger partial charge in [0.2, 0.25) is 0 Å². The number of hydrogen-bond acceptors (Lipinski definition) is 1. The molecule has 2 heterocycles. The van der Waals surface area contributed by atoms with Gasteiger partial charge in [0.1, 0.15) is 0 Å². The van der Waals surface area contributed by atoms with Crippen molar-refractivity contribution in [2.45, 2.75) is 19.3 Å². The molecule has 0 bridgehead atoms. The number of hydrogen-bond donors (Lipinski definition) is 0. The SMILES string of the molecule is CC1(C)c2ccccc2-n2c3ccc(-c4ccc5cc(N(c6cccc7ccccc67)c6cc7ccccc7c7ccccc67)ccc5c4)cc3c3cccc1c32. The smallest absolute Gasteiger partial charge is 0.0582 e. The molecule has 57 heavy (non-hydrogen) atoms. The molecule has 0 radical (unpaired) electrons. The summed E-state index contributed by atoms with van der Waals surface area (Å²) in [5.74, 6) is 0. The number of benzene rings is 10. The fourth-order valence-electron chi connectivity index (χ4n) is 9.93. The molecular formula is C55H38N2. The van der Waals surface area contributed by atoms with Crippen LogP contribution in [0.1, 0.15) is 25.0 Å². The monoisotopic (exact) mass is 726 g/mol. The van der Waals surface area contributed by atoms with Gasteiger partial charge in [-0.3, -0.25) is 0 Å². The number of aromatic nitrogens is 1. The average Bonchev–Trinajstić information content (AvgIpc) is 3.60. The lowest BCUT2D eigenvalue weighted by Crippen LogP contribution is -2.26. The Bertz CT molecular complexity index is 3450. The highest BCUT2D eigenvalue weighted by atomic mass is 15.1. The molecule has 0 spiro atoms. The number of rotatable bonds is 4. The van der Waals surface area contributed by atoms with E-state index in [-0.39, 0.29) is 5.41 Å². The lowest BCUT2D eigenvalue weighted by molar-refractivity contribution is 0.630. The summed E-state index contributed by atoms with van der Waals surface area (Å²) in [5.41, 5.74) is 12.4. The zero-order valence-corrected chi connectivity index (χ0v) is 31.9. The van der Waals surface area contributed by atoms with Gasteiger partial charge in [0.25, 0.3) is 0 Å². The third-order valence-corrected chi connectivity index (χ3v) is 12.7. The Kier molecular flexibility index (Phi) is 6.72. The van der Waals surface area contributed by atoms with Gasteiger partial charge in [-0.1, -0.05) is 159 Å². The Morgan fingerprint density at radius 1 is 0.386 bits per heavy atom. The van der Waals surface area contributed by atoms with Crippen molar-refractivity contribution in [3.05, 3.63) is 205 Å². The van der Waals surface area contributed by atoms with E-state index in [1.54, 1.807) is 0 Å². The van der Waals surface area contributed by atoms with Gasteiger partial charge in [-0.25, -0.2) is 0 Å². The van der Waals surface area contributed by atoms with Crippen LogP contribution in [0, 0.1) is 0 Å². The Hall–Kier alpha value is -7.16. The van der Waals surface area contributed by atoms with E-state index in [1.165, 1.54) is 98.5 Å². The Labute approximate surface area is 331 Å². The van der Waals surface area contributed by atoms with Gasteiger partial charge in [-0.05, 0) is 103 Å². The third kappa shape index (κ3) is 4.65. The standard InChI is InChI=1S/C55H38N2/c1-55(2)48-21-9-10-23-52(48)57-51-30-28-39(33-47(51)46-20-12-22-49(55)54(46)57)36-25-26-38-32-41(29-27-37(38)31-36)56(50-24-11-15-35-13-3-6-17-43(35)50)53-34-40-14-4-5-16-42(40)44-18-7-8-19-45(44)53/h3-34H,1-2H3. The largest absolute Gasteiger partial charge is 0.309 e. The van der Waals surface area contributed by atoms with Crippen molar-refractivity contribution in [3.63, 3.8) is 0 Å². The minimum atomic E-state index is -0.0783. The lowest BCUT2D eigenvalue weighted by Gasteiger charge is -2.34. The van der Waals surface area contributed by atoms with Gasteiger partial charge in [0, 0.05) is 32.6 Å². The average molecular weight is 727 g/mol. The van der Waals surface area contributed by atoms with Crippen molar-refractivity contribution >= 4 is 82.0 Å². The fourth-order valence-corrected chi connectivity index (χ4v) is 9.93. The fraction of sp³-hybridized carbons (Fsp3) is 0.0545. The predicted octanol–water partition coefficient (Wildman–Crippen LogP) is 15.2. The summed E-state index contributed by atoms with van der Waals surface area (Å²) < 4.78 is 2.49. The van der Waals surface area contributed by atoms with Crippen molar-refractivity contribution < 1.29 is 0 Å². The predicted molar refractivity (Wildman–Crippen MR) is 243 cm³/mol. The van der Waals surface area contributed by atoms with E-state index in [0.717, 1.165) is 11.4 Å². The first-order valence-corrected chi connectivity index (χ1v) is 19.9. The number of para-hydroxylation sites is 2. The van der Waals surface area contributed by atoms with Crippen molar-refractivity contribution in [3.8, 4) is 16.8 Å². The molecule has 2 heteroatoms. The third-order valence-electron chi connectivity index (χ3n) is 12.7. The quantitative estimate of drug-likeness (QED) is 0.164. The maximum atomic E-state index is 2.49. The van der Waals surface area contributed by atoms with Crippen molar-refractivity contribution in [1.82, 2.24) is 4.57 Å². The molecule has 2 nitrogen and oxygen atoms in total. The summed E-state index contributed by atoms with van der Waals surface area (Å²) >= 11 is 0. The van der Waals surface area contributed by atoms with E-state index in [9.17, 15) is 0 Å². The maximum absolute atomic E-state index is 2.49. The van der Waals surface area contributed by atoms with Gasteiger partial charge >= 0.3 is 0 Å². The van der Waals surface area contributed by atoms with Crippen LogP contribution in [-0.2, 0) is 5.41 Å². The number of fused-ring (bicyclic) bond motifs is 10. The minimum absolute atomic E-state index is 0.0783. The summed E-state index contributed by atoms with van der Waals surface area (Å²) in [6.45, 7) is 4.72. The highest BCUT2D eigenvalue weighted by Crippen LogP contribution is 2.49. The molecule has 1 aliphatic heterocycles. The highest BCUT2D eigenvalue weighted by Gasteiger charge is 2.34.